The Kier molecular flexibility index (Phi) is 3.32. The number of H-pyrrole nitrogens is 1. The third-order valence-electron chi connectivity index (χ3n) is 3.89. The molecule has 3 rings (SSSR count). The van der Waals surface area contributed by atoms with E-state index in [1.54, 1.807) is 0 Å². The summed E-state index contributed by atoms with van der Waals surface area (Å²) >= 11 is 0. The van der Waals surface area contributed by atoms with Crippen LogP contribution < -0.4 is 5.32 Å². The zero-order chi connectivity index (χ0) is 14.1. The lowest BCUT2D eigenvalue weighted by Crippen LogP contribution is -2.11. The molecule has 0 saturated heterocycles. The summed E-state index contributed by atoms with van der Waals surface area (Å²) in [5.41, 5.74) is 5.96. The van der Waals surface area contributed by atoms with Crippen molar-refractivity contribution in [1.82, 2.24) is 20.1 Å². The van der Waals surface area contributed by atoms with Gasteiger partial charge in [0.2, 0.25) is 0 Å². The molecule has 3 aromatic rings. The number of hydrogen-bond donors (Lipinski definition) is 2. The zero-order valence-electron chi connectivity index (χ0n) is 12.2. The number of benzene rings is 1. The molecule has 4 nitrogen and oxygen atoms in total. The van der Waals surface area contributed by atoms with Gasteiger partial charge in [-0.15, -0.1) is 0 Å². The number of nitrogens with one attached hydrogen (secondary N) is 2. The number of hydrogen-bond acceptors (Lipinski definition) is 2. The number of aromatic amines is 1. The molecule has 0 saturated carbocycles. The molecule has 0 aliphatic carbocycles. The molecule has 0 radical (unpaired) electrons. The molecule has 0 atom stereocenters. The fraction of sp³-hybridized carbons (Fsp3) is 0.312. The highest BCUT2D eigenvalue weighted by Crippen LogP contribution is 2.31. The molecule has 0 unspecified atom stereocenters. The van der Waals surface area contributed by atoms with Crippen molar-refractivity contribution in [3.63, 3.8) is 0 Å². The van der Waals surface area contributed by atoms with Crippen LogP contribution in [0.5, 0.6) is 0 Å². The summed E-state index contributed by atoms with van der Waals surface area (Å²) in [6, 6.07) is 8.45. The molecule has 0 fully saturated rings. The molecule has 2 aromatic heterocycles. The van der Waals surface area contributed by atoms with Gasteiger partial charge in [-0.1, -0.05) is 18.2 Å². The van der Waals surface area contributed by atoms with Crippen molar-refractivity contribution in [3.05, 3.63) is 41.7 Å². The van der Waals surface area contributed by atoms with Crippen molar-refractivity contribution < 1.29 is 0 Å². The average molecular weight is 268 g/mol. The predicted molar refractivity (Wildman–Crippen MR) is 82.9 cm³/mol. The molecule has 20 heavy (non-hydrogen) atoms. The molecule has 1 aromatic carbocycles. The van der Waals surface area contributed by atoms with E-state index in [2.05, 4.69) is 64.5 Å². The number of nitrogens with zero attached hydrogens (tertiary/aromatic N) is 2. The summed E-state index contributed by atoms with van der Waals surface area (Å²) < 4.78 is 2.16. The van der Waals surface area contributed by atoms with Crippen LogP contribution in [0.2, 0.25) is 0 Å². The van der Waals surface area contributed by atoms with Crippen LogP contribution in [0.1, 0.15) is 11.3 Å². The first-order valence-corrected chi connectivity index (χ1v) is 6.95. The van der Waals surface area contributed by atoms with Crippen LogP contribution in [0, 0.1) is 6.92 Å². The Morgan fingerprint density at radius 2 is 2.10 bits per heavy atom. The van der Waals surface area contributed by atoms with Crippen molar-refractivity contribution >= 4 is 10.9 Å². The third-order valence-corrected chi connectivity index (χ3v) is 3.89. The SMILES string of the molecule is CNCCc1[nH]nc(-c2cn(C)c3ccccc23)c1C. The van der Waals surface area contributed by atoms with Crippen LogP contribution >= 0.6 is 0 Å². The standard InChI is InChI=1S/C16H20N4/c1-11-14(8-9-17-2)18-19-16(11)13-10-20(3)15-7-5-4-6-12(13)15/h4-7,10,17H,8-9H2,1-3H3,(H,18,19). The van der Waals surface area contributed by atoms with Gasteiger partial charge >= 0.3 is 0 Å². The van der Waals surface area contributed by atoms with Crippen LogP contribution in [0.25, 0.3) is 22.2 Å². The molecule has 0 bridgehead atoms. The normalized spacial score (nSPS) is 11.3. The van der Waals surface area contributed by atoms with Crippen molar-refractivity contribution in [2.24, 2.45) is 7.05 Å². The van der Waals surface area contributed by atoms with Crippen molar-refractivity contribution in [1.29, 1.82) is 0 Å². The van der Waals surface area contributed by atoms with E-state index in [4.69, 9.17) is 0 Å². The second kappa shape index (κ2) is 5.13. The minimum atomic E-state index is 0.956. The second-order valence-electron chi connectivity index (χ2n) is 5.20. The minimum Gasteiger partial charge on any atom is -0.350 e. The molecule has 0 aliphatic heterocycles. The fourth-order valence-corrected chi connectivity index (χ4v) is 2.72. The third kappa shape index (κ3) is 2.02. The van der Waals surface area contributed by atoms with Crippen LogP contribution in [0.4, 0.5) is 0 Å². The lowest BCUT2D eigenvalue weighted by atomic mass is 10.1. The Hall–Kier alpha value is -2.07. The van der Waals surface area contributed by atoms with Gasteiger partial charge in [0.1, 0.15) is 0 Å². The molecule has 0 aliphatic rings. The van der Waals surface area contributed by atoms with Crippen molar-refractivity contribution in [2.75, 3.05) is 13.6 Å². The number of fused-ring (bicyclic) bond motifs is 1. The van der Waals surface area contributed by atoms with Gasteiger partial charge in [-0.25, -0.2) is 0 Å². The first kappa shape index (κ1) is 12.9. The van der Waals surface area contributed by atoms with Gasteiger partial charge in [0.15, 0.2) is 0 Å². The highest BCUT2D eigenvalue weighted by molar-refractivity contribution is 5.95. The highest BCUT2D eigenvalue weighted by Gasteiger charge is 2.15. The van der Waals surface area contributed by atoms with E-state index in [0.29, 0.717) is 0 Å². The lowest BCUT2D eigenvalue weighted by Gasteiger charge is -2.00. The van der Waals surface area contributed by atoms with E-state index in [1.807, 2.05) is 7.05 Å². The second-order valence-corrected chi connectivity index (χ2v) is 5.20. The van der Waals surface area contributed by atoms with Gasteiger partial charge in [0.05, 0.1) is 5.69 Å². The zero-order valence-corrected chi connectivity index (χ0v) is 12.2. The van der Waals surface area contributed by atoms with Gasteiger partial charge in [0, 0.05) is 48.4 Å². The van der Waals surface area contributed by atoms with E-state index < -0.39 is 0 Å². The Labute approximate surface area is 118 Å². The summed E-state index contributed by atoms with van der Waals surface area (Å²) in [6.45, 7) is 3.10. The maximum atomic E-state index is 4.54. The van der Waals surface area contributed by atoms with Gasteiger partial charge in [-0.3, -0.25) is 5.10 Å². The quantitative estimate of drug-likeness (QED) is 0.764. The van der Waals surface area contributed by atoms with E-state index in [0.717, 1.165) is 18.7 Å². The Balaban J connectivity index is 2.10. The maximum absolute atomic E-state index is 4.54. The van der Waals surface area contributed by atoms with Gasteiger partial charge in [0.25, 0.3) is 0 Å². The van der Waals surface area contributed by atoms with Crippen LogP contribution in [-0.4, -0.2) is 28.4 Å². The Morgan fingerprint density at radius 1 is 1.30 bits per heavy atom. The fourth-order valence-electron chi connectivity index (χ4n) is 2.72. The summed E-state index contributed by atoms with van der Waals surface area (Å²) in [4.78, 5) is 0. The first-order chi connectivity index (χ1) is 9.72. The van der Waals surface area contributed by atoms with E-state index in [-0.39, 0.29) is 0 Å². The Bertz CT molecular complexity index is 736. The highest BCUT2D eigenvalue weighted by atomic mass is 15.1. The molecule has 4 heteroatoms. The molecule has 0 spiro atoms. The predicted octanol–water partition coefficient (Wildman–Crippen LogP) is 2.64. The minimum absolute atomic E-state index is 0.956. The maximum Gasteiger partial charge on any atom is 0.0974 e. The van der Waals surface area contributed by atoms with E-state index in [9.17, 15) is 0 Å². The molecular weight excluding hydrogens is 248 g/mol. The lowest BCUT2D eigenvalue weighted by molar-refractivity contribution is 0.769. The Morgan fingerprint density at radius 3 is 2.90 bits per heavy atom. The number of aromatic nitrogens is 3. The summed E-state index contributed by atoms with van der Waals surface area (Å²) in [7, 11) is 4.05. The molecular formula is C16H20N4. The average Bonchev–Trinajstić information content (AvgIpc) is 2.98. The first-order valence-electron chi connectivity index (χ1n) is 6.95. The topological polar surface area (TPSA) is 45.6 Å². The molecule has 2 heterocycles. The largest absolute Gasteiger partial charge is 0.350 e. The summed E-state index contributed by atoms with van der Waals surface area (Å²) in [5.74, 6) is 0. The van der Waals surface area contributed by atoms with E-state index >= 15 is 0 Å². The van der Waals surface area contributed by atoms with Crippen molar-refractivity contribution in [3.8, 4) is 11.3 Å². The molecule has 0 amide bonds. The van der Waals surface area contributed by atoms with E-state index in [1.165, 1.54) is 27.7 Å². The van der Waals surface area contributed by atoms with Gasteiger partial charge in [-0.05, 0) is 25.6 Å². The van der Waals surface area contributed by atoms with Crippen LogP contribution in [-0.2, 0) is 13.5 Å². The smallest absolute Gasteiger partial charge is 0.0974 e. The van der Waals surface area contributed by atoms with Crippen LogP contribution in [0.3, 0.4) is 0 Å². The number of likely N-dealkylation sites (N-methyl/N-ethyl adjacent to an activating group) is 1. The van der Waals surface area contributed by atoms with Gasteiger partial charge in [-0.2, -0.15) is 5.10 Å². The monoisotopic (exact) mass is 268 g/mol. The molecule has 2 N–H and O–H groups in total. The number of para-hydroxylation sites is 1. The summed E-state index contributed by atoms with van der Waals surface area (Å²) in [6.07, 6.45) is 3.13. The number of rotatable bonds is 4. The van der Waals surface area contributed by atoms with Gasteiger partial charge < -0.3 is 9.88 Å². The van der Waals surface area contributed by atoms with Crippen molar-refractivity contribution in [2.45, 2.75) is 13.3 Å². The number of aryl methyl sites for hydroxylation is 1. The molecule has 104 valence electrons. The summed E-state index contributed by atoms with van der Waals surface area (Å²) in [5, 5.41) is 12.1. The van der Waals surface area contributed by atoms with Crippen LogP contribution in [0.15, 0.2) is 30.5 Å².